The van der Waals surface area contributed by atoms with Gasteiger partial charge in [0.25, 0.3) is 0 Å². The van der Waals surface area contributed by atoms with Crippen LogP contribution in [0.25, 0.3) is 0 Å². The maximum Gasteiger partial charge on any atom is 0.409 e. The second-order valence-corrected chi connectivity index (χ2v) is 4.63. The topological polar surface area (TPSA) is 62.2 Å². The molecule has 0 aromatic carbocycles. The number of thioether (sulfide) groups is 2. The van der Waals surface area contributed by atoms with Crippen molar-refractivity contribution in [1.82, 2.24) is 4.37 Å². The lowest BCUT2D eigenvalue weighted by Crippen LogP contribution is -2.07. The molecule has 4 nitrogen and oxygen atoms in total. The van der Waals surface area contributed by atoms with Gasteiger partial charge in [0.15, 0.2) is 0 Å². The van der Waals surface area contributed by atoms with Gasteiger partial charge in [0.1, 0.15) is 14.9 Å². The van der Waals surface area contributed by atoms with Crippen LogP contribution in [-0.2, 0) is 0 Å². The number of nitrogens with one attached hydrogen (secondary N) is 1. The number of nitrogens with zero attached hydrogens (tertiary/aromatic N) is 1. The van der Waals surface area contributed by atoms with Gasteiger partial charge in [0.2, 0.25) is 0 Å². The Morgan fingerprint density at radius 2 is 2.23 bits per heavy atom. The molecule has 1 amide bonds. The molecule has 1 aromatic rings. The first-order chi connectivity index (χ1) is 6.19. The molecule has 7 heteroatoms. The molecule has 0 unspecified atom stereocenters. The summed E-state index contributed by atoms with van der Waals surface area (Å²) in [5.41, 5.74) is 0.609. The van der Waals surface area contributed by atoms with E-state index in [1.165, 1.54) is 35.1 Å². The zero-order valence-electron chi connectivity index (χ0n) is 7.03. The highest BCUT2D eigenvalue weighted by Gasteiger charge is 2.14. The number of hydrogen-bond donors (Lipinski definition) is 2. The SMILES string of the molecule is CSc1nsc(SC)c1NC(=O)O. The minimum Gasteiger partial charge on any atom is -0.465 e. The van der Waals surface area contributed by atoms with Crippen molar-refractivity contribution < 1.29 is 9.90 Å². The average molecular weight is 236 g/mol. The summed E-state index contributed by atoms with van der Waals surface area (Å²) in [4.78, 5) is 10.5. The van der Waals surface area contributed by atoms with Crippen molar-refractivity contribution in [2.75, 3.05) is 17.8 Å². The van der Waals surface area contributed by atoms with Gasteiger partial charge in [-0.15, -0.1) is 23.5 Å². The Balaban J connectivity index is 2.97. The fourth-order valence-electron chi connectivity index (χ4n) is 0.752. The number of amides is 1. The predicted molar refractivity (Wildman–Crippen MR) is 57.3 cm³/mol. The molecule has 0 atom stereocenters. The molecule has 1 heterocycles. The first-order valence-electron chi connectivity index (χ1n) is 3.26. The third-order valence-electron chi connectivity index (χ3n) is 1.24. The van der Waals surface area contributed by atoms with Gasteiger partial charge in [-0.05, 0) is 24.0 Å². The number of hydrogen-bond acceptors (Lipinski definition) is 5. The van der Waals surface area contributed by atoms with Gasteiger partial charge in [0, 0.05) is 0 Å². The number of aromatic nitrogens is 1. The van der Waals surface area contributed by atoms with Crippen molar-refractivity contribution in [3.63, 3.8) is 0 Å². The largest absolute Gasteiger partial charge is 0.465 e. The highest BCUT2D eigenvalue weighted by atomic mass is 32.2. The smallest absolute Gasteiger partial charge is 0.409 e. The van der Waals surface area contributed by atoms with Crippen LogP contribution in [-0.4, -0.2) is 28.1 Å². The van der Waals surface area contributed by atoms with E-state index in [9.17, 15) is 4.79 Å². The summed E-state index contributed by atoms with van der Waals surface area (Å²) >= 11 is 4.23. The van der Waals surface area contributed by atoms with Gasteiger partial charge in [0.05, 0.1) is 0 Å². The molecule has 72 valence electrons. The Labute approximate surface area is 88.3 Å². The molecule has 0 aliphatic rings. The maximum absolute atomic E-state index is 10.5. The summed E-state index contributed by atoms with van der Waals surface area (Å²) in [6.45, 7) is 0. The lowest BCUT2D eigenvalue weighted by Gasteiger charge is -2.00. The van der Waals surface area contributed by atoms with Gasteiger partial charge in [-0.3, -0.25) is 5.32 Å². The van der Waals surface area contributed by atoms with Crippen molar-refractivity contribution >= 4 is 46.8 Å². The fraction of sp³-hybridized carbons (Fsp3) is 0.333. The Morgan fingerprint density at radius 1 is 1.54 bits per heavy atom. The molecular weight excluding hydrogens is 228 g/mol. The third-order valence-corrected chi connectivity index (χ3v) is 3.98. The van der Waals surface area contributed by atoms with Gasteiger partial charge < -0.3 is 5.11 Å². The van der Waals surface area contributed by atoms with E-state index < -0.39 is 6.09 Å². The van der Waals surface area contributed by atoms with Crippen molar-refractivity contribution in [2.45, 2.75) is 9.24 Å². The Bertz CT molecular complexity index is 291. The zero-order chi connectivity index (χ0) is 9.84. The molecule has 0 fully saturated rings. The van der Waals surface area contributed by atoms with Crippen LogP contribution in [0, 0.1) is 0 Å². The van der Waals surface area contributed by atoms with Crippen LogP contribution in [0.1, 0.15) is 0 Å². The number of anilines is 1. The number of carboxylic acid groups (broad SMARTS) is 1. The number of rotatable bonds is 3. The predicted octanol–water partition coefficient (Wildman–Crippen LogP) is 2.68. The highest BCUT2D eigenvalue weighted by molar-refractivity contribution is 8.01. The van der Waals surface area contributed by atoms with E-state index in [1.54, 1.807) is 0 Å². The van der Waals surface area contributed by atoms with Gasteiger partial charge in [-0.2, -0.15) is 4.37 Å². The standard InChI is InChI=1S/C6H8N2O2S3/c1-11-4-3(7-6(9)10)5(12-2)13-8-4/h7H,1-2H3,(H,9,10). The molecule has 2 N–H and O–H groups in total. The Kier molecular flexibility index (Phi) is 3.89. The Hall–Kier alpha value is -0.400. The summed E-state index contributed by atoms with van der Waals surface area (Å²) in [7, 11) is 0. The monoisotopic (exact) mass is 236 g/mol. The van der Waals surface area contributed by atoms with Crippen molar-refractivity contribution in [3.05, 3.63) is 0 Å². The maximum atomic E-state index is 10.5. The molecule has 0 aliphatic heterocycles. The van der Waals surface area contributed by atoms with Crippen LogP contribution >= 0.6 is 35.1 Å². The van der Waals surface area contributed by atoms with Crippen molar-refractivity contribution in [2.24, 2.45) is 0 Å². The molecule has 0 bridgehead atoms. The first kappa shape index (κ1) is 10.7. The van der Waals surface area contributed by atoms with E-state index in [1.807, 2.05) is 12.5 Å². The minimum atomic E-state index is -1.05. The molecule has 0 saturated carbocycles. The average Bonchev–Trinajstić information content (AvgIpc) is 2.46. The lowest BCUT2D eigenvalue weighted by atomic mass is 10.6. The molecule has 0 saturated heterocycles. The Morgan fingerprint density at radius 3 is 2.69 bits per heavy atom. The molecule has 1 rings (SSSR count). The van der Waals surface area contributed by atoms with Crippen LogP contribution in [0.4, 0.5) is 10.5 Å². The second kappa shape index (κ2) is 4.73. The molecule has 1 aromatic heterocycles. The van der Waals surface area contributed by atoms with Crippen molar-refractivity contribution in [3.8, 4) is 0 Å². The van der Waals surface area contributed by atoms with Crippen molar-refractivity contribution in [1.29, 1.82) is 0 Å². The fourth-order valence-corrected chi connectivity index (χ4v) is 2.91. The summed E-state index contributed by atoms with van der Waals surface area (Å²) in [6, 6.07) is 0. The molecule has 0 aliphatic carbocycles. The molecule has 13 heavy (non-hydrogen) atoms. The van der Waals surface area contributed by atoms with Crippen LogP contribution < -0.4 is 5.32 Å². The van der Waals surface area contributed by atoms with E-state index in [0.717, 1.165) is 9.24 Å². The van der Waals surface area contributed by atoms with Gasteiger partial charge in [-0.1, -0.05) is 0 Å². The highest BCUT2D eigenvalue weighted by Crippen LogP contribution is 2.37. The van der Waals surface area contributed by atoms with E-state index in [2.05, 4.69) is 9.69 Å². The third kappa shape index (κ3) is 2.52. The van der Waals surface area contributed by atoms with Crippen LogP contribution in [0.5, 0.6) is 0 Å². The van der Waals surface area contributed by atoms with Crippen LogP contribution in [0.15, 0.2) is 9.24 Å². The van der Waals surface area contributed by atoms with E-state index in [0.29, 0.717) is 5.69 Å². The normalized spacial score (nSPS) is 10.0. The quantitative estimate of drug-likeness (QED) is 0.790. The van der Waals surface area contributed by atoms with Crippen LogP contribution in [0.2, 0.25) is 0 Å². The minimum absolute atomic E-state index is 0.609. The van der Waals surface area contributed by atoms with E-state index in [4.69, 9.17) is 5.11 Å². The summed E-state index contributed by atoms with van der Waals surface area (Å²) < 4.78 is 5.01. The first-order valence-corrected chi connectivity index (χ1v) is 6.49. The number of carbonyl (C=O) groups is 1. The summed E-state index contributed by atoms with van der Waals surface area (Å²) in [5, 5.41) is 11.7. The summed E-state index contributed by atoms with van der Waals surface area (Å²) in [5.74, 6) is 0. The molecular formula is C6H8N2O2S3. The van der Waals surface area contributed by atoms with Gasteiger partial charge in [-0.25, -0.2) is 4.79 Å². The van der Waals surface area contributed by atoms with Gasteiger partial charge >= 0.3 is 6.09 Å². The molecule has 0 spiro atoms. The van der Waals surface area contributed by atoms with E-state index >= 15 is 0 Å². The summed E-state index contributed by atoms with van der Waals surface area (Å²) in [6.07, 6.45) is 2.71. The van der Waals surface area contributed by atoms with E-state index in [-0.39, 0.29) is 0 Å². The zero-order valence-corrected chi connectivity index (χ0v) is 9.48. The molecule has 0 radical (unpaired) electrons. The lowest BCUT2D eigenvalue weighted by molar-refractivity contribution is 0.209. The second-order valence-electron chi connectivity index (χ2n) is 1.99. The van der Waals surface area contributed by atoms with Crippen LogP contribution in [0.3, 0.4) is 0 Å².